The number of ether oxygens (including phenoxy) is 1. The second kappa shape index (κ2) is 8.54. The summed E-state index contributed by atoms with van der Waals surface area (Å²) in [4.78, 5) is 26.9. The smallest absolute Gasteiger partial charge is 0.416 e. The Kier molecular flexibility index (Phi) is 6.06. The number of anilines is 1. The van der Waals surface area contributed by atoms with Crippen molar-refractivity contribution in [3.8, 4) is 16.3 Å². The Bertz CT molecular complexity index is 1060. The normalized spacial score (nSPS) is 11.2. The maximum Gasteiger partial charge on any atom is 0.416 e. The van der Waals surface area contributed by atoms with E-state index in [1.54, 1.807) is 19.1 Å². The highest BCUT2D eigenvalue weighted by molar-refractivity contribution is 7.15. The third-order valence-corrected chi connectivity index (χ3v) is 5.21. The van der Waals surface area contributed by atoms with Crippen molar-refractivity contribution in [2.24, 2.45) is 0 Å². The number of alkyl halides is 3. The lowest BCUT2D eigenvalue weighted by Gasteiger charge is -2.07. The number of carboxylic acids is 1. The Morgan fingerprint density at radius 1 is 1.10 bits per heavy atom. The van der Waals surface area contributed by atoms with Gasteiger partial charge >= 0.3 is 18.1 Å². The van der Waals surface area contributed by atoms with Gasteiger partial charge < -0.3 is 15.2 Å². The number of carbonyl (C=O) groups is 2. The van der Waals surface area contributed by atoms with Crippen LogP contribution in [0, 0.1) is 6.92 Å². The summed E-state index contributed by atoms with van der Waals surface area (Å²) >= 11 is 1.32. The van der Waals surface area contributed by atoms with Crippen molar-refractivity contribution < 1.29 is 32.6 Å². The summed E-state index contributed by atoms with van der Waals surface area (Å²) in [6.45, 7) is 1.98. The number of aliphatic carboxylic acids is 1. The van der Waals surface area contributed by atoms with E-state index in [2.05, 4.69) is 10.3 Å². The number of benzene rings is 2. The van der Waals surface area contributed by atoms with Gasteiger partial charge in [0.1, 0.15) is 17.4 Å². The minimum absolute atomic E-state index is 0.199. The molecule has 2 aromatic carbocycles. The number of rotatable bonds is 5. The number of thiazole rings is 1. The van der Waals surface area contributed by atoms with Crippen molar-refractivity contribution in [1.82, 2.24) is 4.98 Å². The molecule has 1 aromatic heterocycles. The summed E-state index contributed by atoms with van der Waals surface area (Å²) < 4.78 is 43.8. The molecular formula is C20H15F3N2O4S. The number of aryl methyl sites for hydroxylation is 1. The van der Waals surface area contributed by atoms with Crippen molar-refractivity contribution in [1.29, 1.82) is 0 Å². The number of nitrogens with one attached hydrogen (secondary N) is 1. The lowest BCUT2D eigenvalue weighted by Crippen LogP contribution is -2.21. The molecule has 0 atom stereocenters. The van der Waals surface area contributed by atoms with Gasteiger partial charge in [0, 0.05) is 11.3 Å². The third-order valence-electron chi connectivity index (χ3n) is 4.03. The molecule has 0 spiro atoms. The van der Waals surface area contributed by atoms with Crippen molar-refractivity contribution >= 4 is 28.9 Å². The van der Waals surface area contributed by atoms with Gasteiger partial charge in [0.2, 0.25) is 0 Å². The molecule has 156 valence electrons. The van der Waals surface area contributed by atoms with Gasteiger partial charge in [0.05, 0.1) is 16.1 Å². The van der Waals surface area contributed by atoms with Gasteiger partial charge in [-0.3, -0.25) is 4.79 Å². The monoisotopic (exact) mass is 436 g/mol. The zero-order chi connectivity index (χ0) is 21.9. The standard InChI is InChI=1S/C20H15F3N2O4S/c1-11-16(10-29-15-8-6-14(7-9-15)25-17(26)19(27)28)30-18(24-11)12-2-4-13(5-3-12)20(21,22)23/h2-9H,10H2,1H3,(H,25,26)(H,27,28). The summed E-state index contributed by atoms with van der Waals surface area (Å²) in [5.41, 5.74) is 0.889. The first-order valence-electron chi connectivity index (χ1n) is 8.54. The molecule has 3 aromatic rings. The molecule has 0 unspecified atom stereocenters. The summed E-state index contributed by atoms with van der Waals surface area (Å²) in [7, 11) is 0. The molecule has 10 heteroatoms. The van der Waals surface area contributed by atoms with Crippen molar-refractivity contribution in [2.75, 3.05) is 5.32 Å². The molecule has 0 saturated heterocycles. The molecule has 1 heterocycles. The zero-order valence-electron chi connectivity index (χ0n) is 15.5. The van der Waals surface area contributed by atoms with Crippen LogP contribution < -0.4 is 10.1 Å². The fourth-order valence-electron chi connectivity index (χ4n) is 2.46. The quantitative estimate of drug-likeness (QED) is 0.564. The minimum Gasteiger partial charge on any atom is -0.488 e. The second-order valence-corrected chi connectivity index (χ2v) is 7.26. The Labute approximate surface area is 173 Å². The summed E-state index contributed by atoms with van der Waals surface area (Å²) in [6, 6.07) is 11.0. The SMILES string of the molecule is Cc1nc(-c2ccc(C(F)(F)F)cc2)sc1COc1ccc(NC(=O)C(=O)O)cc1. The van der Waals surface area contributed by atoms with Gasteiger partial charge in [0.25, 0.3) is 0 Å². The van der Waals surface area contributed by atoms with Gasteiger partial charge in [0.15, 0.2) is 0 Å². The van der Waals surface area contributed by atoms with Crippen LogP contribution in [0.25, 0.3) is 10.6 Å². The number of amides is 1. The first-order chi connectivity index (χ1) is 14.1. The van der Waals surface area contributed by atoms with Crippen molar-refractivity contribution in [3.05, 3.63) is 64.7 Å². The van der Waals surface area contributed by atoms with E-state index in [1.165, 1.54) is 35.6 Å². The van der Waals surface area contributed by atoms with Crippen LogP contribution in [-0.4, -0.2) is 22.0 Å². The Morgan fingerprint density at radius 3 is 2.30 bits per heavy atom. The predicted molar refractivity (Wildman–Crippen MR) is 104 cm³/mol. The van der Waals surface area contributed by atoms with Crippen LogP contribution in [-0.2, 0) is 22.4 Å². The average molecular weight is 436 g/mol. The summed E-state index contributed by atoms with van der Waals surface area (Å²) in [6.07, 6.45) is -4.39. The van der Waals surface area contributed by atoms with Crippen molar-refractivity contribution in [2.45, 2.75) is 19.7 Å². The van der Waals surface area contributed by atoms with Gasteiger partial charge in [-0.2, -0.15) is 13.2 Å². The molecule has 2 N–H and O–H groups in total. The maximum absolute atomic E-state index is 12.7. The number of carboxylic acid groups (broad SMARTS) is 1. The Morgan fingerprint density at radius 2 is 1.73 bits per heavy atom. The number of halogens is 3. The van der Waals surface area contributed by atoms with Gasteiger partial charge in [-0.25, -0.2) is 9.78 Å². The van der Waals surface area contributed by atoms with E-state index in [4.69, 9.17) is 9.84 Å². The molecule has 0 radical (unpaired) electrons. The molecule has 0 aliphatic rings. The van der Waals surface area contributed by atoms with Crippen LogP contribution in [0.2, 0.25) is 0 Å². The van der Waals surface area contributed by atoms with E-state index in [1.807, 2.05) is 0 Å². The Balaban J connectivity index is 1.65. The predicted octanol–water partition coefficient (Wildman–Crippen LogP) is 4.74. The highest BCUT2D eigenvalue weighted by atomic mass is 32.1. The Hall–Kier alpha value is -3.40. The van der Waals surface area contributed by atoms with Crippen LogP contribution in [0.4, 0.5) is 18.9 Å². The van der Waals surface area contributed by atoms with Crippen LogP contribution >= 0.6 is 11.3 Å². The van der Waals surface area contributed by atoms with Crippen LogP contribution in [0.5, 0.6) is 5.75 Å². The number of hydrogen-bond donors (Lipinski definition) is 2. The minimum atomic E-state index is -4.39. The van der Waals surface area contributed by atoms with Crippen molar-refractivity contribution in [3.63, 3.8) is 0 Å². The van der Waals surface area contributed by atoms with E-state index in [-0.39, 0.29) is 6.61 Å². The zero-order valence-corrected chi connectivity index (χ0v) is 16.3. The van der Waals surface area contributed by atoms with Gasteiger partial charge in [-0.15, -0.1) is 11.3 Å². The van der Waals surface area contributed by atoms with E-state index in [9.17, 15) is 22.8 Å². The topological polar surface area (TPSA) is 88.5 Å². The first-order valence-corrected chi connectivity index (χ1v) is 9.36. The molecule has 0 aliphatic heterocycles. The van der Waals surface area contributed by atoms with E-state index in [0.29, 0.717) is 27.7 Å². The molecule has 3 rings (SSSR count). The molecule has 0 saturated carbocycles. The van der Waals surface area contributed by atoms with E-state index in [0.717, 1.165) is 17.0 Å². The molecular weight excluding hydrogens is 421 g/mol. The third kappa shape index (κ3) is 5.15. The van der Waals surface area contributed by atoms with E-state index < -0.39 is 23.6 Å². The maximum atomic E-state index is 12.7. The van der Waals surface area contributed by atoms with Gasteiger partial charge in [-0.05, 0) is 43.3 Å². The fourth-order valence-corrected chi connectivity index (χ4v) is 3.44. The average Bonchev–Trinajstić information content (AvgIpc) is 3.07. The molecule has 30 heavy (non-hydrogen) atoms. The number of carbonyl (C=O) groups excluding carboxylic acids is 1. The van der Waals surface area contributed by atoms with Crippen LogP contribution in [0.1, 0.15) is 16.1 Å². The highest BCUT2D eigenvalue weighted by Gasteiger charge is 2.30. The van der Waals surface area contributed by atoms with E-state index >= 15 is 0 Å². The number of aromatic nitrogens is 1. The first kappa shape index (κ1) is 21.3. The molecule has 0 aliphatic carbocycles. The summed E-state index contributed by atoms with van der Waals surface area (Å²) in [5.74, 6) is -2.23. The largest absolute Gasteiger partial charge is 0.488 e. The lowest BCUT2D eigenvalue weighted by molar-refractivity contribution is -0.147. The molecule has 0 bridgehead atoms. The molecule has 0 fully saturated rings. The van der Waals surface area contributed by atoms with Gasteiger partial charge in [-0.1, -0.05) is 12.1 Å². The number of nitrogens with zero attached hydrogens (tertiary/aromatic N) is 1. The van der Waals surface area contributed by atoms with Crippen LogP contribution in [0.15, 0.2) is 48.5 Å². The molecule has 6 nitrogen and oxygen atoms in total. The van der Waals surface area contributed by atoms with Crippen LogP contribution in [0.3, 0.4) is 0 Å². The molecule has 1 amide bonds. The lowest BCUT2D eigenvalue weighted by atomic mass is 10.1. The second-order valence-electron chi connectivity index (χ2n) is 6.18. The highest BCUT2D eigenvalue weighted by Crippen LogP contribution is 2.33. The fraction of sp³-hybridized carbons (Fsp3) is 0.150. The number of hydrogen-bond acceptors (Lipinski definition) is 5. The summed E-state index contributed by atoms with van der Waals surface area (Å²) in [5, 5.41) is 11.4.